The minimum Gasteiger partial charge on any atom is -0.371 e. The van der Waals surface area contributed by atoms with Crippen LogP contribution in [0, 0.1) is 6.92 Å². The summed E-state index contributed by atoms with van der Waals surface area (Å²) in [6.07, 6.45) is 3.46. The number of nitrogens with one attached hydrogen (secondary N) is 1. The molecule has 1 aliphatic rings. The zero-order valence-corrected chi connectivity index (χ0v) is 14.2. The first-order chi connectivity index (χ1) is 10.1. The van der Waals surface area contributed by atoms with E-state index in [0.29, 0.717) is 6.42 Å². The van der Waals surface area contributed by atoms with Crippen molar-refractivity contribution in [2.45, 2.75) is 57.7 Å². The first-order valence-electron chi connectivity index (χ1n) is 7.86. The standard InChI is InChI=1S/C17H26N2O2.ClH/c1-3-5-14(18)17(20)19-15-6-4-11-21-16(15)13-9-7-12(2)8-10-13;/h7-10,14-16H,3-6,11,18H2,1-2H3,(H,19,20);1H. The molecule has 22 heavy (non-hydrogen) atoms. The predicted octanol–water partition coefficient (Wildman–Crippen LogP) is 2.88. The fraction of sp³-hybridized carbons (Fsp3) is 0.588. The molecule has 1 aliphatic heterocycles. The first-order valence-corrected chi connectivity index (χ1v) is 7.86. The third kappa shape index (κ3) is 4.97. The topological polar surface area (TPSA) is 64.4 Å². The van der Waals surface area contributed by atoms with Gasteiger partial charge in [-0.3, -0.25) is 4.79 Å². The molecule has 1 amide bonds. The van der Waals surface area contributed by atoms with E-state index in [0.717, 1.165) is 31.4 Å². The quantitative estimate of drug-likeness (QED) is 0.874. The Morgan fingerprint density at radius 3 is 2.73 bits per heavy atom. The molecule has 2 rings (SSSR count). The molecule has 1 aromatic carbocycles. The highest BCUT2D eigenvalue weighted by Crippen LogP contribution is 2.28. The second kappa shape index (κ2) is 9.13. The van der Waals surface area contributed by atoms with E-state index in [1.165, 1.54) is 5.56 Å². The van der Waals surface area contributed by atoms with Crippen LogP contribution in [-0.4, -0.2) is 24.6 Å². The molecule has 0 aliphatic carbocycles. The van der Waals surface area contributed by atoms with Crippen LogP contribution in [0.3, 0.4) is 0 Å². The van der Waals surface area contributed by atoms with Crippen LogP contribution in [0.4, 0.5) is 0 Å². The third-order valence-corrected chi connectivity index (χ3v) is 3.99. The summed E-state index contributed by atoms with van der Waals surface area (Å²) < 4.78 is 5.90. The van der Waals surface area contributed by atoms with E-state index in [1.807, 2.05) is 6.92 Å². The number of benzene rings is 1. The van der Waals surface area contributed by atoms with Gasteiger partial charge in [0, 0.05) is 6.61 Å². The van der Waals surface area contributed by atoms with Crippen molar-refractivity contribution in [1.29, 1.82) is 0 Å². The molecule has 3 N–H and O–H groups in total. The highest BCUT2D eigenvalue weighted by molar-refractivity contribution is 5.85. The average Bonchev–Trinajstić information content (AvgIpc) is 2.49. The van der Waals surface area contributed by atoms with Crippen molar-refractivity contribution in [3.8, 4) is 0 Å². The lowest BCUT2D eigenvalue weighted by Crippen LogP contribution is -2.49. The van der Waals surface area contributed by atoms with Crippen molar-refractivity contribution >= 4 is 18.3 Å². The number of hydrogen-bond donors (Lipinski definition) is 2. The molecule has 4 nitrogen and oxygen atoms in total. The Balaban J connectivity index is 0.00000242. The number of amides is 1. The lowest BCUT2D eigenvalue weighted by molar-refractivity contribution is -0.125. The molecular formula is C17H27ClN2O2. The van der Waals surface area contributed by atoms with Gasteiger partial charge < -0.3 is 15.8 Å². The largest absolute Gasteiger partial charge is 0.371 e. The van der Waals surface area contributed by atoms with Gasteiger partial charge in [-0.15, -0.1) is 12.4 Å². The fourth-order valence-electron chi connectivity index (χ4n) is 2.75. The molecular weight excluding hydrogens is 300 g/mol. The van der Waals surface area contributed by atoms with E-state index in [2.05, 4.69) is 36.5 Å². The van der Waals surface area contributed by atoms with Crippen LogP contribution in [0.1, 0.15) is 49.8 Å². The molecule has 0 bridgehead atoms. The Kier molecular flexibility index (Phi) is 7.87. The van der Waals surface area contributed by atoms with E-state index in [9.17, 15) is 4.79 Å². The number of halogens is 1. The molecule has 1 fully saturated rings. The first kappa shape index (κ1) is 18.9. The number of nitrogens with two attached hydrogens (primary N) is 1. The SMILES string of the molecule is CCCC(N)C(=O)NC1CCCOC1c1ccc(C)cc1.Cl. The smallest absolute Gasteiger partial charge is 0.237 e. The van der Waals surface area contributed by atoms with Gasteiger partial charge in [0.2, 0.25) is 5.91 Å². The molecule has 3 unspecified atom stereocenters. The van der Waals surface area contributed by atoms with Gasteiger partial charge in [0.05, 0.1) is 12.1 Å². The summed E-state index contributed by atoms with van der Waals surface area (Å²) >= 11 is 0. The number of rotatable bonds is 5. The maximum Gasteiger partial charge on any atom is 0.237 e. The Labute approximate surface area is 139 Å². The van der Waals surface area contributed by atoms with Gasteiger partial charge in [-0.1, -0.05) is 43.2 Å². The maximum atomic E-state index is 12.1. The second-order valence-electron chi connectivity index (χ2n) is 5.85. The van der Waals surface area contributed by atoms with Crippen LogP contribution in [0.15, 0.2) is 24.3 Å². The summed E-state index contributed by atoms with van der Waals surface area (Å²) in [7, 11) is 0. The fourth-order valence-corrected chi connectivity index (χ4v) is 2.75. The summed E-state index contributed by atoms with van der Waals surface area (Å²) in [6, 6.07) is 7.91. The summed E-state index contributed by atoms with van der Waals surface area (Å²) in [6.45, 7) is 4.84. The molecule has 1 aromatic rings. The van der Waals surface area contributed by atoms with Crippen molar-refractivity contribution in [3.05, 3.63) is 35.4 Å². The molecule has 0 aromatic heterocycles. The number of carbonyl (C=O) groups is 1. The molecule has 5 heteroatoms. The third-order valence-electron chi connectivity index (χ3n) is 3.99. The summed E-state index contributed by atoms with van der Waals surface area (Å²) in [5.41, 5.74) is 8.24. The van der Waals surface area contributed by atoms with E-state index in [4.69, 9.17) is 10.5 Å². The Morgan fingerprint density at radius 2 is 2.09 bits per heavy atom. The van der Waals surface area contributed by atoms with Gasteiger partial charge in [0.25, 0.3) is 0 Å². The van der Waals surface area contributed by atoms with Crippen LogP contribution in [-0.2, 0) is 9.53 Å². The zero-order valence-electron chi connectivity index (χ0n) is 13.4. The van der Waals surface area contributed by atoms with Crippen molar-refractivity contribution in [2.24, 2.45) is 5.73 Å². The summed E-state index contributed by atoms with van der Waals surface area (Å²) in [5, 5.41) is 3.08. The summed E-state index contributed by atoms with van der Waals surface area (Å²) in [4.78, 5) is 12.1. The van der Waals surface area contributed by atoms with Gasteiger partial charge in [0.1, 0.15) is 6.10 Å². The molecule has 124 valence electrons. The molecule has 0 radical (unpaired) electrons. The molecule has 1 heterocycles. The Bertz CT molecular complexity index is 464. The number of carbonyl (C=O) groups excluding carboxylic acids is 1. The van der Waals surface area contributed by atoms with Gasteiger partial charge in [0.15, 0.2) is 0 Å². The van der Waals surface area contributed by atoms with Crippen molar-refractivity contribution in [3.63, 3.8) is 0 Å². The molecule has 1 saturated heterocycles. The van der Waals surface area contributed by atoms with E-state index in [-0.39, 0.29) is 30.5 Å². The molecule has 0 spiro atoms. The van der Waals surface area contributed by atoms with Crippen molar-refractivity contribution < 1.29 is 9.53 Å². The Morgan fingerprint density at radius 1 is 1.41 bits per heavy atom. The Hall–Kier alpha value is -1.10. The van der Waals surface area contributed by atoms with Crippen LogP contribution in [0.5, 0.6) is 0 Å². The van der Waals surface area contributed by atoms with Gasteiger partial charge in [-0.25, -0.2) is 0 Å². The normalized spacial score (nSPS) is 22.5. The van der Waals surface area contributed by atoms with Crippen LogP contribution >= 0.6 is 12.4 Å². The highest BCUT2D eigenvalue weighted by Gasteiger charge is 2.29. The van der Waals surface area contributed by atoms with Crippen LogP contribution < -0.4 is 11.1 Å². The average molecular weight is 327 g/mol. The zero-order chi connectivity index (χ0) is 15.2. The van der Waals surface area contributed by atoms with Crippen molar-refractivity contribution in [1.82, 2.24) is 5.32 Å². The second-order valence-corrected chi connectivity index (χ2v) is 5.85. The lowest BCUT2D eigenvalue weighted by Gasteiger charge is -2.33. The van der Waals surface area contributed by atoms with Gasteiger partial charge in [-0.2, -0.15) is 0 Å². The van der Waals surface area contributed by atoms with E-state index in [1.54, 1.807) is 0 Å². The van der Waals surface area contributed by atoms with E-state index < -0.39 is 6.04 Å². The van der Waals surface area contributed by atoms with Gasteiger partial charge >= 0.3 is 0 Å². The van der Waals surface area contributed by atoms with E-state index >= 15 is 0 Å². The minimum atomic E-state index is -0.421. The lowest BCUT2D eigenvalue weighted by atomic mass is 9.95. The maximum absolute atomic E-state index is 12.1. The molecule has 3 atom stereocenters. The summed E-state index contributed by atoms with van der Waals surface area (Å²) in [5.74, 6) is -0.0653. The van der Waals surface area contributed by atoms with Crippen LogP contribution in [0.25, 0.3) is 0 Å². The minimum absolute atomic E-state index is 0. The monoisotopic (exact) mass is 326 g/mol. The number of aryl methyl sites for hydroxylation is 1. The van der Waals surface area contributed by atoms with Gasteiger partial charge in [-0.05, 0) is 31.7 Å². The highest BCUT2D eigenvalue weighted by atomic mass is 35.5. The predicted molar refractivity (Wildman–Crippen MR) is 91.2 cm³/mol. The van der Waals surface area contributed by atoms with Crippen LogP contribution in [0.2, 0.25) is 0 Å². The number of hydrogen-bond acceptors (Lipinski definition) is 3. The van der Waals surface area contributed by atoms with Crippen molar-refractivity contribution in [2.75, 3.05) is 6.61 Å². The molecule has 0 saturated carbocycles. The number of ether oxygens (including phenoxy) is 1.